The van der Waals surface area contributed by atoms with Crippen molar-refractivity contribution >= 4 is 11.6 Å². The number of benzene rings is 2. The number of rotatable bonds is 5. The van der Waals surface area contributed by atoms with Crippen molar-refractivity contribution in [1.29, 1.82) is 0 Å². The summed E-state index contributed by atoms with van der Waals surface area (Å²) in [6.45, 7) is 4.97. The van der Waals surface area contributed by atoms with Crippen molar-refractivity contribution in [2.75, 3.05) is 5.32 Å². The number of aliphatic hydroxyl groups is 1. The van der Waals surface area contributed by atoms with Crippen LogP contribution in [0.5, 0.6) is 0 Å². The molecule has 3 atom stereocenters. The van der Waals surface area contributed by atoms with Crippen LogP contribution < -0.4 is 5.32 Å². The van der Waals surface area contributed by atoms with Crippen LogP contribution in [0.3, 0.4) is 0 Å². The topological polar surface area (TPSA) is 52.6 Å². The van der Waals surface area contributed by atoms with Crippen LogP contribution in [0.4, 0.5) is 27.6 Å². The van der Waals surface area contributed by atoms with Gasteiger partial charge < -0.3 is 15.3 Å². The van der Waals surface area contributed by atoms with Gasteiger partial charge in [0.25, 0.3) is 5.91 Å². The molecule has 0 saturated carbocycles. The lowest BCUT2D eigenvalue weighted by atomic mass is 9.95. The number of carbonyl (C=O) groups is 1. The van der Waals surface area contributed by atoms with Gasteiger partial charge in [-0.15, -0.1) is 0 Å². The first kappa shape index (κ1) is 23.2. The smallest absolute Gasteiger partial charge is 0.314 e. The maximum atomic E-state index is 15.4. The van der Waals surface area contributed by atoms with Crippen LogP contribution in [0.2, 0.25) is 0 Å². The molecule has 2 saturated heterocycles. The number of amides is 1. The van der Waals surface area contributed by atoms with E-state index in [1.54, 1.807) is 0 Å². The van der Waals surface area contributed by atoms with E-state index in [1.165, 1.54) is 24.0 Å². The molecule has 2 N–H and O–H groups in total. The molecule has 2 aliphatic heterocycles. The monoisotopic (exact) mass is 466 g/mol. The van der Waals surface area contributed by atoms with Crippen LogP contribution >= 0.6 is 0 Å². The lowest BCUT2D eigenvalue weighted by Gasteiger charge is -2.42. The molecule has 33 heavy (non-hydrogen) atoms. The molecule has 2 heterocycles. The number of alkyl halides is 2. The fraction of sp³-hybridized carbons (Fsp3) is 0.375. The molecule has 1 unspecified atom stereocenters. The van der Waals surface area contributed by atoms with Gasteiger partial charge in [0.15, 0.2) is 0 Å². The Hall–Kier alpha value is -2.94. The molecular weight excluding hydrogens is 443 g/mol. The fourth-order valence-corrected chi connectivity index (χ4v) is 4.79. The van der Waals surface area contributed by atoms with Gasteiger partial charge in [-0.2, -0.15) is 8.78 Å². The molecule has 4 rings (SSSR count). The Morgan fingerprint density at radius 2 is 1.70 bits per heavy atom. The lowest BCUT2D eigenvalue weighted by Crippen LogP contribution is -2.47. The molecule has 2 aromatic carbocycles. The molecule has 0 spiro atoms. The molecule has 1 amide bonds. The Labute approximate surface area is 187 Å². The van der Waals surface area contributed by atoms with Crippen LogP contribution in [-0.2, 0) is 5.92 Å². The Morgan fingerprint density at radius 1 is 1.06 bits per heavy atom. The van der Waals surface area contributed by atoms with Crippen molar-refractivity contribution in [3.63, 3.8) is 0 Å². The highest BCUT2D eigenvalue weighted by molar-refractivity contribution is 6.04. The van der Waals surface area contributed by atoms with Gasteiger partial charge in [-0.25, -0.2) is 13.2 Å². The predicted octanol–water partition coefficient (Wildman–Crippen LogP) is 5.26. The number of nitrogens with one attached hydrogen (secondary N) is 1. The molecule has 9 heteroatoms. The standard InChI is InChI=1S/C24H23F5N2O2/c1-12-7-14(3-6-20(12)25)30-23(33)18-10-19(22(27)11-21(18)26)24(28,29)13(2)31-15-4-5-16(31)9-17(32)8-15/h3,6-7,10-11,15-17,32H,2,4-5,8-9H2,1H3,(H,30,33)/t15-,16+,17?. The number of anilines is 1. The average molecular weight is 466 g/mol. The number of piperidine rings is 1. The summed E-state index contributed by atoms with van der Waals surface area (Å²) in [7, 11) is 0. The molecule has 0 aliphatic carbocycles. The number of halogens is 5. The summed E-state index contributed by atoms with van der Waals surface area (Å²) in [5, 5.41) is 12.2. The second-order valence-electron chi connectivity index (χ2n) is 8.67. The molecule has 2 aromatic rings. The summed E-state index contributed by atoms with van der Waals surface area (Å²) >= 11 is 0. The van der Waals surface area contributed by atoms with Crippen molar-refractivity contribution in [2.24, 2.45) is 0 Å². The Bertz CT molecular complexity index is 1110. The van der Waals surface area contributed by atoms with Gasteiger partial charge in [-0.05, 0) is 62.4 Å². The number of hydrogen-bond donors (Lipinski definition) is 2. The van der Waals surface area contributed by atoms with Gasteiger partial charge in [-0.3, -0.25) is 4.79 Å². The van der Waals surface area contributed by atoms with E-state index in [-0.39, 0.29) is 29.4 Å². The van der Waals surface area contributed by atoms with E-state index in [1.807, 2.05) is 0 Å². The number of fused-ring (bicyclic) bond motifs is 2. The first-order valence-electron chi connectivity index (χ1n) is 10.6. The van der Waals surface area contributed by atoms with Crippen LogP contribution in [-0.4, -0.2) is 34.1 Å². The van der Waals surface area contributed by atoms with Gasteiger partial charge in [0, 0.05) is 23.8 Å². The van der Waals surface area contributed by atoms with Crippen molar-refractivity contribution in [2.45, 2.75) is 56.7 Å². The number of allylic oxidation sites excluding steroid dienone is 1. The minimum Gasteiger partial charge on any atom is -0.393 e. The first-order valence-corrected chi connectivity index (χ1v) is 10.6. The molecule has 2 fully saturated rings. The maximum absolute atomic E-state index is 15.4. The van der Waals surface area contributed by atoms with E-state index < -0.39 is 52.2 Å². The molecule has 4 nitrogen and oxygen atoms in total. The predicted molar refractivity (Wildman–Crippen MR) is 112 cm³/mol. The van der Waals surface area contributed by atoms with E-state index in [0.717, 1.165) is 6.07 Å². The van der Waals surface area contributed by atoms with Crippen LogP contribution in [0.25, 0.3) is 0 Å². The second-order valence-corrected chi connectivity index (χ2v) is 8.67. The van der Waals surface area contributed by atoms with Crippen LogP contribution in [0.1, 0.15) is 47.2 Å². The molecule has 176 valence electrons. The molecule has 0 aromatic heterocycles. The van der Waals surface area contributed by atoms with Gasteiger partial charge in [0.2, 0.25) is 0 Å². The number of carbonyl (C=O) groups excluding carboxylic acids is 1. The summed E-state index contributed by atoms with van der Waals surface area (Å²) in [4.78, 5) is 14.0. The van der Waals surface area contributed by atoms with Crippen molar-refractivity contribution in [1.82, 2.24) is 4.90 Å². The van der Waals surface area contributed by atoms with E-state index in [2.05, 4.69) is 11.9 Å². The molecule has 2 aliphatic rings. The third-order valence-electron chi connectivity index (χ3n) is 6.44. The number of aryl methyl sites for hydroxylation is 1. The van der Waals surface area contributed by atoms with Crippen molar-refractivity contribution in [3.05, 3.63) is 76.7 Å². The van der Waals surface area contributed by atoms with Gasteiger partial charge in [-0.1, -0.05) is 6.58 Å². The maximum Gasteiger partial charge on any atom is 0.314 e. The third kappa shape index (κ3) is 4.21. The van der Waals surface area contributed by atoms with E-state index in [4.69, 9.17) is 0 Å². The number of hydrogen-bond acceptors (Lipinski definition) is 3. The second kappa shape index (κ2) is 8.44. The minimum atomic E-state index is -3.91. The normalized spacial score (nSPS) is 22.4. The highest BCUT2D eigenvalue weighted by atomic mass is 19.3. The highest BCUT2D eigenvalue weighted by Gasteiger charge is 2.49. The number of aliphatic hydroxyl groups excluding tert-OH is 1. The first-order chi connectivity index (χ1) is 15.5. The Morgan fingerprint density at radius 3 is 2.30 bits per heavy atom. The van der Waals surface area contributed by atoms with E-state index in [0.29, 0.717) is 31.7 Å². The minimum absolute atomic E-state index is 0.129. The van der Waals surface area contributed by atoms with Gasteiger partial charge >= 0.3 is 5.92 Å². The summed E-state index contributed by atoms with van der Waals surface area (Å²) in [5.41, 5.74) is -2.24. The quantitative estimate of drug-likeness (QED) is 0.592. The SMILES string of the molecule is C=C(N1[C@@H]2CC[C@H]1CC(O)C2)C(F)(F)c1cc(C(=O)Nc2ccc(F)c(C)c2)c(F)cc1F. The van der Waals surface area contributed by atoms with E-state index >= 15 is 8.78 Å². The van der Waals surface area contributed by atoms with Crippen LogP contribution in [0, 0.1) is 24.4 Å². The largest absolute Gasteiger partial charge is 0.393 e. The Balaban J connectivity index is 1.64. The zero-order valence-corrected chi connectivity index (χ0v) is 17.8. The summed E-state index contributed by atoms with van der Waals surface area (Å²) in [5.74, 6) is -8.32. The molecular formula is C24H23F5N2O2. The third-order valence-corrected chi connectivity index (χ3v) is 6.44. The number of nitrogens with zero attached hydrogens (tertiary/aromatic N) is 1. The molecule has 0 radical (unpaired) electrons. The zero-order chi connectivity index (χ0) is 24.1. The van der Waals surface area contributed by atoms with Crippen molar-refractivity contribution < 1.29 is 31.9 Å². The fourth-order valence-electron chi connectivity index (χ4n) is 4.79. The van der Waals surface area contributed by atoms with Crippen molar-refractivity contribution in [3.8, 4) is 0 Å². The average Bonchev–Trinajstić information content (AvgIpc) is 3.00. The molecule has 2 bridgehead atoms. The van der Waals surface area contributed by atoms with Crippen LogP contribution in [0.15, 0.2) is 42.6 Å². The highest BCUT2D eigenvalue weighted by Crippen LogP contribution is 2.46. The van der Waals surface area contributed by atoms with Gasteiger partial charge in [0.05, 0.1) is 22.9 Å². The van der Waals surface area contributed by atoms with E-state index in [9.17, 15) is 23.1 Å². The summed E-state index contributed by atoms with van der Waals surface area (Å²) in [6, 6.07) is 3.68. The lowest BCUT2D eigenvalue weighted by molar-refractivity contribution is -0.0280. The Kier molecular flexibility index (Phi) is 5.94. The summed E-state index contributed by atoms with van der Waals surface area (Å²) < 4.78 is 73.2. The zero-order valence-electron chi connectivity index (χ0n) is 17.8. The van der Waals surface area contributed by atoms with Gasteiger partial charge in [0.1, 0.15) is 17.5 Å². The summed E-state index contributed by atoms with van der Waals surface area (Å²) in [6.07, 6.45) is 1.24.